The Kier molecular flexibility index (Phi) is 12.5. The maximum Gasteiger partial charge on any atom is 0.211 e. The van der Waals surface area contributed by atoms with E-state index in [-0.39, 0.29) is 16.9 Å². The van der Waals surface area contributed by atoms with E-state index in [0.29, 0.717) is 42.2 Å². The summed E-state index contributed by atoms with van der Waals surface area (Å²) in [5, 5.41) is 8.64. The summed E-state index contributed by atoms with van der Waals surface area (Å²) < 4.78 is 27.8. The molecule has 204 valence electrons. The highest BCUT2D eigenvalue weighted by Crippen LogP contribution is 2.41. The fraction of sp³-hybridized carbons (Fsp3) is 0.517. The summed E-state index contributed by atoms with van der Waals surface area (Å²) in [6, 6.07) is 9.66. The SMILES string of the molecule is CC(C)(C)C.O=CNC1CCCCC1.O=CNc1cc(F)ccc1C1CNCC1c1cccc(Cl)c1F. The molecule has 1 heterocycles. The monoisotopic (exact) mass is 535 g/mol. The largest absolute Gasteiger partial charge is 0.356 e. The van der Waals surface area contributed by atoms with Gasteiger partial charge in [0.2, 0.25) is 12.8 Å². The molecule has 1 saturated carbocycles. The summed E-state index contributed by atoms with van der Waals surface area (Å²) in [6.45, 7) is 9.94. The van der Waals surface area contributed by atoms with Crippen LogP contribution in [0, 0.1) is 17.0 Å². The van der Waals surface area contributed by atoms with E-state index in [4.69, 9.17) is 11.6 Å². The van der Waals surface area contributed by atoms with Crippen LogP contribution in [0.4, 0.5) is 14.5 Å². The van der Waals surface area contributed by atoms with Gasteiger partial charge in [0.05, 0.1) is 5.02 Å². The number of hydrogen-bond donors (Lipinski definition) is 3. The Bertz CT molecular complexity index is 1000. The van der Waals surface area contributed by atoms with E-state index >= 15 is 0 Å². The number of hydrogen-bond acceptors (Lipinski definition) is 3. The highest BCUT2D eigenvalue weighted by atomic mass is 35.5. The van der Waals surface area contributed by atoms with Gasteiger partial charge in [0.1, 0.15) is 11.6 Å². The molecule has 2 aromatic rings. The summed E-state index contributed by atoms with van der Waals surface area (Å²) in [5.74, 6) is -1.10. The topological polar surface area (TPSA) is 70.2 Å². The van der Waals surface area contributed by atoms with Crippen molar-refractivity contribution >= 4 is 30.1 Å². The molecule has 2 amide bonds. The maximum absolute atomic E-state index is 14.4. The Labute approximate surface area is 224 Å². The molecule has 0 aromatic heterocycles. The van der Waals surface area contributed by atoms with Crippen molar-refractivity contribution in [2.45, 2.75) is 77.7 Å². The van der Waals surface area contributed by atoms with Crippen LogP contribution < -0.4 is 16.0 Å². The standard InChI is InChI=1S/C17H15ClF2N2O.C7H13NO.C5H12/c18-15-3-1-2-12(17(15)20)14-8-21-7-13(14)11-5-4-10(19)6-16(11)22-9-23;9-6-8-7-4-2-1-3-5-7;1-5(2,3)4/h1-6,9,13-14,21H,7-8H2,(H,22,23);6-7H,1-5H2,(H,8,9);1-4H3. The fourth-order valence-corrected chi connectivity index (χ4v) is 4.73. The van der Waals surface area contributed by atoms with Crippen LogP contribution >= 0.6 is 11.6 Å². The second-order valence-corrected chi connectivity index (χ2v) is 11.5. The van der Waals surface area contributed by atoms with Gasteiger partial charge in [-0.3, -0.25) is 9.59 Å². The highest BCUT2D eigenvalue weighted by Gasteiger charge is 2.33. The van der Waals surface area contributed by atoms with Crippen molar-refractivity contribution in [1.29, 1.82) is 0 Å². The Balaban J connectivity index is 0.000000283. The van der Waals surface area contributed by atoms with Crippen LogP contribution in [0.1, 0.15) is 82.8 Å². The first-order valence-electron chi connectivity index (χ1n) is 12.9. The predicted octanol–water partition coefficient (Wildman–Crippen LogP) is 6.77. The van der Waals surface area contributed by atoms with Gasteiger partial charge in [-0.2, -0.15) is 0 Å². The van der Waals surface area contributed by atoms with Crippen LogP contribution in [0.5, 0.6) is 0 Å². The molecule has 2 unspecified atom stereocenters. The number of halogens is 3. The van der Waals surface area contributed by atoms with E-state index in [2.05, 4.69) is 43.6 Å². The minimum Gasteiger partial charge on any atom is -0.356 e. The quantitative estimate of drug-likeness (QED) is 0.357. The highest BCUT2D eigenvalue weighted by molar-refractivity contribution is 6.30. The molecule has 2 atom stereocenters. The van der Waals surface area contributed by atoms with Crippen LogP contribution in [0.2, 0.25) is 5.02 Å². The fourth-order valence-electron chi connectivity index (χ4n) is 4.54. The van der Waals surface area contributed by atoms with E-state index in [0.717, 1.165) is 12.0 Å². The van der Waals surface area contributed by atoms with Gasteiger partial charge in [0, 0.05) is 36.7 Å². The predicted molar refractivity (Wildman–Crippen MR) is 147 cm³/mol. The molecule has 8 heteroatoms. The van der Waals surface area contributed by atoms with Gasteiger partial charge in [-0.25, -0.2) is 8.78 Å². The Morgan fingerprint density at radius 2 is 1.54 bits per heavy atom. The first-order chi connectivity index (χ1) is 17.5. The summed E-state index contributed by atoms with van der Waals surface area (Å²) in [5.41, 5.74) is 2.20. The maximum atomic E-state index is 14.4. The van der Waals surface area contributed by atoms with E-state index in [1.807, 2.05) is 0 Å². The smallest absolute Gasteiger partial charge is 0.211 e. The Morgan fingerprint density at radius 1 is 0.919 bits per heavy atom. The first-order valence-corrected chi connectivity index (χ1v) is 13.3. The normalized spacial score (nSPS) is 19.5. The zero-order valence-electron chi connectivity index (χ0n) is 22.3. The van der Waals surface area contributed by atoms with Gasteiger partial charge in [-0.05, 0) is 47.6 Å². The number of rotatable bonds is 6. The molecule has 2 aromatic carbocycles. The van der Waals surface area contributed by atoms with Crippen LogP contribution in [-0.4, -0.2) is 32.0 Å². The third-order valence-electron chi connectivity index (χ3n) is 6.13. The molecule has 1 aliphatic heterocycles. The van der Waals surface area contributed by atoms with Crippen molar-refractivity contribution in [3.05, 3.63) is 64.2 Å². The molecular weight excluding hydrogens is 496 g/mol. The van der Waals surface area contributed by atoms with Crippen molar-refractivity contribution in [3.8, 4) is 0 Å². The molecule has 4 rings (SSSR count). The average molecular weight is 536 g/mol. The lowest BCUT2D eigenvalue weighted by Gasteiger charge is -2.22. The van der Waals surface area contributed by atoms with Crippen molar-refractivity contribution < 1.29 is 18.4 Å². The average Bonchev–Trinajstić information content (AvgIpc) is 3.31. The second-order valence-electron chi connectivity index (χ2n) is 11.1. The molecular formula is C29H40ClF2N3O2. The third kappa shape index (κ3) is 10.4. The zero-order chi connectivity index (χ0) is 27.4. The molecule has 2 fully saturated rings. The van der Waals surface area contributed by atoms with Gasteiger partial charge < -0.3 is 16.0 Å². The van der Waals surface area contributed by atoms with Crippen molar-refractivity contribution in [2.24, 2.45) is 5.41 Å². The molecule has 0 bridgehead atoms. The van der Waals surface area contributed by atoms with Crippen molar-refractivity contribution in [3.63, 3.8) is 0 Å². The number of carbonyl (C=O) groups excluding carboxylic acids is 2. The van der Waals surface area contributed by atoms with Gasteiger partial charge in [0.15, 0.2) is 0 Å². The molecule has 37 heavy (non-hydrogen) atoms. The minimum absolute atomic E-state index is 0.0819. The lowest BCUT2D eigenvalue weighted by molar-refractivity contribution is -0.110. The Morgan fingerprint density at radius 3 is 2.14 bits per heavy atom. The van der Waals surface area contributed by atoms with Crippen LogP contribution in [-0.2, 0) is 9.59 Å². The first kappa shape index (κ1) is 30.7. The molecule has 0 spiro atoms. The summed E-state index contributed by atoms with van der Waals surface area (Å²) in [4.78, 5) is 20.7. The van der Waals surface area contributed by atoms with E-state index in [1.54, 1.807) is 18.2 Å². The third-order valence-corrected chi connectivity index (χ3v) is 6.43. The number of anilines is 1. The van der Waals surface area contributed by atoms with E-state index in [9.17, 15) is 18.4 Å². The minimum atomic E-state index is -0.436. The van der Waals surface area contributed by atoms with E-state index in [1.165, 1.54) is 50.3 Å². The van der Waals surface area contributed by atoms with Gasteiger partial charge in [-0.1, -0.05) is 76.8 Å². The zero-order valence-corrected chi connectivity index (χ0v) is 23.0. The molecule has 1 aliphatic carbocycles. The summed E-state index contributed by atoms with van der Waals surface area (Å²) in [7, 11) is 0. The number of carbonyl (C=O) groups is 2. The van der Waals surface area contributed by atoms with Crippen molar-refractivity contribution in [1.82, 2.24) is 10.6 Å². The lowest BCUT2D eigenvalue weighted by Crippen LogP contribution is -2.29. The number of benzene rings is 2. The van der Waals surface area contributed by atoms with Crippen LogP contribution in [0.15, 0.2) is 36.4 Å². The molecule has 2 aliphatic rings. The lowest BCUT2D eigenvalue weighted by atomic mass is 9.83. The second kappa shape index (κ2) is 15.0. The summed E-state index contributed by atoms with van der Waals surface area (Å²) >= 11 is 5.88. The van der Waals surface area contributed by atoms with Gasteiger partial charge in [0.25, 0.3) is 0 Å². The van der Waals surface area contributed by atoms with Gasteiger partial charge >= 0.3 is 0 Å². The van der Waals surface area contributed by atoms with Crippen LogP contribution in [0.3, 0.4) is 0 Å². The van der Waals surface area contributed by atoms with Crippen molar-refractivity contribution in [2.75, 3.05) is 18.4 Å². The summed E-state index contributed by atoms with van der Waals surface area (Å²) in [6.07, 6.45) is 7.59. The number of amides is 2. The molecule has 3 N–H and O–H groups in total. The van der Waals surface area contributed by atoms with E-state index < -0.39 is 11.6 Å². The molecule has 5 nitrogen and oxygen atoms in total. The molecule has 0 radical (unpaired) electrons. The molecule has 1 saturated heterocycles. The number of nitrogens with one attached hydrogen (secondary N) is 3. The van der Waals surface area contributed by atoms with Gasteiger partial charge in [-0.15, -0.1) is 0 Å². The Hall–Kier alpha value is -2.51. The van der Waals surface area contributed by atoms with Crippen LogP contribution in [0.25, 0.3) is 0 Å².